The van der Waals surface area contributed by atoms with E-state index in [1.165, 1.54) is 5.01 Å². The van der Waals surface area contributed by atoms with E-state index in [0.29, 0.717) is 0 Å². The minimum Gasteiger partial charge on any atom is -0.296 e. The molecule has 0 spiro atoms. The number of sulfonamides is 1. The van der Waals surface area contributed by atoms with Gasteiger partial charge in [-0.15, -0.1) is 0 Å². The molecular formula is C8H13N3O2S. The molecule has 1 rings (SSSR count). The first-order chi connectivity index (χ1) is 6.49. The summed E-state index contributed by atoms with van der Waals surface area (Å²) < 4.78 is 23.8. The van der Waals surface area contributed by atoms with Crippen LogP contribution < -0.4 is 15.6 Å². The van der Waals surface area contributed by atoms with E-state index in [1.807, 2.05) is 18.2 Å². The van der Waals surface area contributed by atoms with Crippen molar-refractivity contribution in [2.75, 3.05) is 17.9 Å². The molecule has 0 fully saturated rings. The lowest BCUT2D eigenvalue weighted by atomic mass is 10.3. The van der Waals surface area contributed by atoms with Crippen molar-refractivity contribution in [3.63, 3.8) is 0 Å². The van der Waals surface area contributed by atoms with Crippen LogP contribution in [-0.4, -0.2) is 21.3 Å². The van der Waals surface area contributed by atoms with Crippen LogP contribution in [0.25, 0.3) is 0 Å². The lowest BCUT2D eigenvalue weighted by Crippen LogP contribution is -2.41. The van der Waals surface area contributed by atoms with Crippen LogP contribution in [0.15, 0.2) is 30.3 Å². The second-order valence-electron chi connectivity index (χ2n) is 2.88. The summed E-state index contributed by atoms with van der Waals surface area (Å²) in [6.45, 7) is 0.0584. The predicted octanol–water partition coefficient (Wildman–Crippen LogP) is -0.127. The molecule has 0 saturated carbocycles. The third kappa shape index (κ3) is 3.73. The Kier molecular flexibility index (Phi) is 3.45. The maximum absolute atomic E-state index is 10.8. The molecule has 0 bridgehead atoms. The number of nitrogens with two attached hydrogens (primary N) is 1. The van der Waals surface area contributed by atoms with Crippen LogP contribution in [0.1, 0.15) is 0 Å². The second kappa shape index (κ2) is 4.41. The van der Waals surface area contributed by atoms with Crippen LogP contribution in [0.4, 0.5) is 5.69 Å². The molecule has 1 aromatic rings. The van der Waals surface area contributed by atoms with E-state index in [9.17, 15) is 8.42 Å². The van der Waals surface area contributed by atoms with E-state index in [-0.39, 0.29) is 6.67 Å². The molecule has 0 radical (unpaired) electrons. The molecule has 0 amide bonds. The molecule has 0 saturated heterocycles. The predicted molar refractivity (Wildman–Crippen MR) is 56.0 cm³/mol. The van der Waals surface area contributed by atoms with Gasteiger partial charge in [0.2, 0.25) is 10.0 Å². The minimum absolute atomic E-state index is 0.0584. The highest BCUT2D eigenvalue weighted by atomic mass is 32.2. The van der Waals surface area contributed by atoms with Gasteiger partial charge in [-0.1, -0.05) is 18.2 Å². The molecule has 0 aliphatic heterocycles. The van der Waals surface area contributed by atoms with E-state index in [1.54, 1.807) is 12.1 Å². The summed E-state index contributed by atoms with van der Waals surface area (Å²) in [5.74, 6) is 5.61. The molecule has 0 heterocycles. The molecule has 0 aliphatic rings. The third-order valence-electron chi connectivity index (χ3n) is 1.58. The van der Waals surface area contributed by atoms with Crippen molar-refractivity contribution >= 4 is 15.7 Å². The third-order valence-corrected chi connectivity index (χ3v) is 2.24. The molecule has 0 aliphatic carbocycles. The smallest absolute Gasteiger partial charge is 0.210 e. The summed E-state index contributed by atoms with van der Waals surface area (Å²) in [6, 6.07) is 9.11. The first-order valence-corrected chi connectivity index (χ1v) is 5.90. The van der Waals surface area contributed by atoms with Crippen molar-refractivity contribution in [3.8, 4) is 0 Å². The number of nitrogens with zero attached hydrogens (tertiary/aromatic N) is 1. The molecule has 5 nitrogen and oxygen atoms in total. The number of hydrogen-bond donors (Lipinski definition) is 2. The Morgan fingerprint density at radius 3 is 2.43 bits per heavy atom. The van der Waals surface area contributed by atoms with Crippen LogP contribution in [0.3, 0.4) is 0 Å². The summed E-state index contributed by atoms with van der Waals surface area (Å²) in [5.41, 5.74) is 0.753. The van der Waals surface area contributed by atoms with Gasteiger partial charge in [0.05, 0.1) is 18.6 Å². The Morgan fingerprint density at radius 1 is 1.36 bits per heavy atom. The van der Waals surface area contributed by atoms with Crippen molar-refractivity contribution in [2.24, 2.45) is 5.84 Å². The summed E-state index contributed by atoms with van der Waals surface area (Å²) in [7, 11) is -3.20. The molecule has 0 aromatic heterocycles. The van der Waals surface area contributed by atoms with Gasteiger partial charge in [-0.05, 0) is 12.1 Å². The molecule has 3 N–H and O–H groups in total. The monoisotopic (exact) mass is 215 g/mol. The number of hydrogen-bond acceptors (Lipinski definition) is 4. The minimum atomic E-state index is -3.20. The van der Waals surface area contributed by atoms with Crippen molar-refractivity contribution < 1.29 is 8.42 Å². The highest BCUT2D eigenvalue weighted by Gasteiger charge is 2.03. The fourth-order valence-corrected chi connectivity index (χ4v) is 1.27. The Bertz CT molecular complexity index is 377. The lowest BCUT2D eigenvalue weighted by molar-refractivity contribution is 0.586. The van der Waals surface area contributed by atoms with Crippen molar-refractivity contribution in [1.82, 2.24) is 4.72 Å². The van der Waals surface area contributed by atoms with Gasteiger partial charge in [-0.25, -0.2) is 14.3 Å². The number of benzene rings is 1. The summed E-state index contributed by atoms with van der Waals surface area (Å²) in [5, 5.41) is 1.32. The highest BCUT2D eigenvalue weighted by Crippen LogP contribution is 2.07. The number of hydrazine groups is 1. The Hall–Kier alpha value is -1.11. The fourth-order valence-electron chi connectivity index (χ4n) is 0.898. The number of rotatable bonds is 4. The average Bonchev–Trinajstić information content (AvgIpc) is 2.14. The molecule has 14 heavy (non-hydrogen) atoms. The summed E-state index contributed by atoms with van der Waals surface area (Å²) in [6.07, 6.45) is 1.09. The first kappa shape index (κ1) is 11.0. The van der Waals surface area contributed by atoms with Crippen molar-refractivity contribution in [3.05, 3.63) is 30.3 Å². The number of anilines is 1. The second-order valence-corrected chi connectivity index (χ2v) is 4.71. The van der Waals surface area contributed by atoms with Gasteiger partial charge in [0, 0.05) is 0 Å². The Morgan fingerprint density at radius 2 is 1.93 bits per heavy atom. The van der Waals surface area contributed by atoms with Gasteiger partial charge in [-0.3, -0.25) is 5.01 Å². The first-order valence-electron chi connectivity index (χ1n) is 4.01. The van der Waals surface area contributed by atoms with E-state index in [2.05, 4.69) is 4.72 Å². The lowest BCUT2D eigenvalue weighted by Gasteiger charge is -2.18. The van der Waals surface area contributed by atoms with E-state index < -0.39 is 10.0 Å². The average molecular weight is 215 g/mol. The fraction of sp³-hybridized carbons (Fsp3) is 0.250. The zero-order valence-electron chi connectivity index (χ0n) is 7.84. The molecule has 78 valence electrons. The quantitative estimate of drug-likeness (QED) is 0.417. The van der Waals surface area contributed by atoms with Gasteiger partial charge >= 0.3 is 0 Å². The molecule has 0 unspecified atom stereocenters. The summed E-state index contributed by atoms with van der Waals surface area (Å²) in [4.78, 5) is 0. The number of para-hydroxylation sites is 1. The van der Waals surface area contributed by atoms with E-state index in [0.717, 1.165) is 11.9 Å². The molecule has 0 atom stereocenters. The van der Waals surface area contributed by atoms with Crippen molar-refractivity contribution in [1.29, 1.82) is 0 Å². The topological polar surface area (TPSA) is 75.4 Å². The van der Waals surface area contributed by atoms with E-state index in [4.69, 9.17) is 5.84 Å². The number of nitrogens with one attached hydrogen (secondary N) is 1. The van der Waals surface area contributed by atoms with Crippen LogP contribution in [0, 0.1) is 0 Å². The van der Waals surface area contributed by atoms with Crippen LogP contribution in [-0.2, 0) is 10.0 Å². The standard InChI is InChI=1S/C8H13N3O2S/c1-14(12,13)10-7-11(9)8-5-3-2-4-6-8/h2-6,10H,7,9H2,1H3. The molecule has 1 aromatic carbocycles. The van der Waals surface area contributed by atoms with Gasteiger partial charge in [-0.2, -0.15) is 4.72 Å². The molecule has 6 heteroatoms. The maximum Gasteiger partial charge on any atom is 0.210 e. The highest BCUT2D eigenvalue weighted by molar-refractivity contribution is 7.88. The van der Waals surface area contributed by atoms with Crippen LogP contribution >= 0.6 is 0 Å². The maximum atomic E-state index is 10.8. The zero-order chi connectivity index (χ0) is 10.6. The van der Waals surface area contributed by atoms with Crippen molar-refractivity contribution in [2.45, 2.75) is 0 Å². The van der Waals surface area contributed by atoms with Crippen LogP contribution in [0.5, 0.6) is 0 Å². The zero-order valence-corrected chi connectivity index (χ0v) is 8.66. The largest absolute Gasteiger partial charge is 0.296 e. The summed E-state index contributed by atoms with van der Waals surface area (Å²) >= 11 is 0. The van der Waals surface area contributed by atoms with Gasteiger partial charge in [0.1, 0.15) is 0 Å². The van der Waals surface area contributed by atoms with Crippen LogP contribution in [0.2, 0.25) is 0 Å². The normalized spacial score (nSPS) is 11.3. The van der Waals surface area contributed by atoms with Gasteiger partial charge < -0.3 is 0 Å². The van der Waals surface area contributed by atoms with Gasteiger partial charge in [0.15, 0.2) is 0 Å². The SMILES string of the molecule is CS(=O)(=O)NCN(N)c1ccccc1. The molecular weight excluding hydrogens is 202 g/mol. The Labute approximate surface area is 83.5 Å². The Balaban J connectivity index is 2.56. The van der Waals surface area contributed by atoms with Gasteiger partial charge in [0.25, 0.3) is 0 Å². The van der Waals surface area contributed by atoms with E-state index >= 15 is 0 Å².